The quantitative estimate of drug-likeness (QED) is 0.0790. The fourth-order valence-corrected chi connectivity index (χ4v) is 8.89. The van der Waals surface area contributed by atoms with Crippen LogP contribution in [0.5, 0.6) is 17.2 Å². The predicted molar refractivity (Wildman–Crippen MR) is 222 cm³/mol. The Kier molecular flexibility index (Phi) is 13.8. The van der Waals surface area contributed by atoms with Crippen molar-refractivity contribution in [2.24, 2.45) is 28.3 Å². The van der Waals surface area contributed by atoms with Gasteiger partial charge in [0.1, 0.15) is 30.4 Å². The fraction of sp³-hybridized carbons (Fsp3) is 0.489. The molecule has 0 aromatic heterocycles. The maximum Gasteiger partial charge on any atom is 0.410 e. The molecule has 0 bridgehead atoms. The van der Waals surface area contributed by atoms with Crippen molar-refractivity contribution in [3.05, 3.63) is 103 Å². The maximum absolute atomic E-state index is 13.9. The highest BCUT2D eigenvalue weighted by molar-refractivity contribution is 6.02. The molecule has 0 radical (unpaired) electrons. The largest absolute Gasteiger partial charge is 0.459 e. The van der Waals surface area contributed by atoms with Crippen molar-refractivity contribution in [2.45, 2.75) is 83.5 Å². The van der Waals surface area contributed by atoms with Crippen molar-refractivity contribution in [3.8, 4) is 28.4 Å². The summed E-state index contributed by atoms with van der Waals surface area (Å²) in [6.45, 7) is 10.7. The zero-order valence-corrected chi connectivity index (χ0v) is 34.2. The fourth-order valence-electron chi connectivity index (χ4n) is 8.89. The molecule has 2 N–H and O–H groups in total. The number of hydrogen-bond donors (Lipinski definition) is 2. The van der Waals surface area contributed by atoms with Crippen LogP contribution in [0.1, 0.15) is 77.2 Å². The number of fused-ring (bicyclic) bond motifs is 2. The van der Waals surface area contributed by atoms with Crippen LogP contribution in [0.25, 0.3) is 11.1 Å². The van der Waals surface area contributed by atoms with Gasteiger partial charge in [0.2, 0.25) is 5.79 Å². The van der Waals surface area contributed by atoms with E-state index in [1.807, 2.05) is 63.2 Å². The van der Waals surface area contributed by atoms with E-state index in [-0.39, 0.29) is 49.6 Å². The second-order valence-corrected chi connectivity index (χ2v) is 16.7. The first-order valence-corrected chi connectivity index (χ1v) is 20.4. The molecule has 1 fully saturated rings. The van der Waals surface area contributed by atoms with Gasteiger partial charge >= 0.3 is 6.09 Å². The van der Waals surface area contributed by atoms with Gasteiger partial charge in [-0.25, -0.2) is 4.79 Å². The number of aliphatic hydroxyl groups excluding tert-OH is 2. The maximum atomic E-state index is 13.9. The molecule has 6 rings (SSSR count). The summed E-state index contributed by atoms with van der Waals surface area (Å²) in [5.41, 5.74) is 4.69. The summed E-state index contributed by atoms with van der Waals surface area (Å²) in [7, 11) is 3.28. The second kappa shape index (κ2) is 18.7. The van der Waals surface area contributed by atoms with E-state index in [9.17, 15) is 15.0 Å². The lowest BCUT2D eigenvalue weighted by molar-refractivity contribution is -0.253. The summed E-state index contributed by atoms with van der Waals surface area (Å²) < 4.78 is 26.6. The molecule has 57 heavy (non-hydrogen) atoms. The molecule has 3 aromatic carbocycles. The van der Waals surface area contributed by atoms with Gasteiger partial charge in [-0.05, 0) is 90.0 Å². The Morgan fingerprint density at radius 2 is 1.65 bits per heavy atom. The van der Waals surface area contributed by atoms with Gasteiger partial charge in [0.15, 0.2) is 0 Å². The standard InChI is InChI=1S/C47H60N2O8/c1-7-27-55-47-42(49(5)45(52)54-31-46(2,3)4)30-40(48-53-6)38-28-34(17-11-13-25-50)37(18-12-14-26-51)43(44(38)47)39-29-36(23-24-41(39)57-47)56-35-21-19-33(20-22-35)32-15-9-8-10-16-32/h7-10,15-16,19-24,28-29,34,37,42-44,50-51H,1,11-14,17-18,25-27,30-31H2,2-6H3. The zero-order valence-electron chi connectivity index (χ0n) is 34.2. The molecule has 3 aromatic rings. The average molecular weight is 781 g/mol. The molecule has 0 spiro atoms. The Balaban J connectivity index is 1.49. The Morgan fingerprint density at radius 1 is 0.965 bits per heavy atom. The first-order chi connectivity index (χ1) is 27.5. The number of nitrogens with zero attached hydrogens (tertiary/aromatic N) is 2. The molecule has 306 valence electrons. The number of amides is 1. The van der Waals surface area contributed by atoms with Crippen molar-refractivity contribution < 1.29 is 38.8 Å². The Bertz CT molecular complexity index is 1870. The van der Waals surface area contributed by atoms with Crippen molar-refractivity contribution in [2.75, 3.05) is 40.6 Å². The smallest absolute Gasteiger partial charge is 0.410 e. The summed E-state index contributed by atoms with van der Waals surface area (Å²) in [5.74, 6) is 0.338. The van der Waals surface area contributed by atoms with Gasteiger partial charge in [-0.2, -0.15) is 0 Å². The summed E-state index contributed by atoms with van der Waals surface area (Å²) in [5, 5.41) is 24.3. The van der Waals surface area contributed by atoms with Crippen molar-refractivity contribution >= 4 is 11.8 Å². The molecule has 1 aliphatic heterocycles. The van der Waals surface area contributed by atoms with E-state index in [0.29, 0.717) is 36.5 Å². The first-order valence-electron chi connectivity index (χ1n) is 20.4. The Hall–Kier alpha value is -4.64. The molecule has 0 saturated heterocycles. The van der Waals surface area contributed by atoms with E-state index in [1.54, 1.807) is 25.1 Å². The van der Waals surface area contributed by atoms with Crippen molar-refractivity contribution in [1.82, 2.24) is 4.90 Å². The molecule has 1 amide bonds. The average Bonchev–Trinajstić information content (AvgIpc) is 3.21. The predicted octanol–water partition coefficient (Wildman–Crippen LogP) is 9.52. The van der Waals surface area contributed by atoms with Gasteiger partial charge in [0, 0.05) is 38.2 Å². The number of likely N-dealkylation sites (N-methyl/N-ethyl adjacent to an activating group) is 1. The molecule has 10 heteroatoms. The number of benzene rings is 3. The third-order valence-electron chi connectivity index (χ3n) is 11.4. The van der Waals surface area contributed by atoms with Crippen LogP contribution in [0.3, 0.4) is 0 Å². The van der Waals surface area contributed by atoms with E-state index in [0.717, 1.165) is 53.7 Å². The third kappa shape index (κ3) is 9.40. The van der Waals surface area contributed by atoms with Gasteiger partial charge in [0.25, 0.3) is 0 Å². The number of allylic oxidation sites excluding steroid dienone is 1. The minimum absolute atomic E-state index is 0.0967. The van der Waals surface area contributed by atoms with Gasteiger partial charge in [-0.1, -0.05) is 93.4 Å². The van der Waals surface area contributed by atoms with Crippen molar-refractivity contribution in [1.29, 1.82) is 0 Å². The lowest BCUT2D eigenvalue weighted by Crippen LogP contribution is -2.69. The molecule has 1 heterocycles. The van der Waals surface area contributed by atoms with Crippen LogP contribution >= 0.6 is 0 Å². The molecule has 3 aliphatic rings. The molecule has 6 atom stereocenters. The van der Waals surface area contributed by atoms with E-state index in [4.69, 9.17) is 23.8 Å². The minimum Gasteiger partial charge on any atom is -0.459 e. The lowest BCUT2D eigenvalue weighted by Gasteiger charge is -2.59. The van der Waals surface area contributed by atoms with E-state index in [2.05, 4.69) is 48.1 Å². The SMILES string of the molecule is C=CCOC12Oc3ccc(Oc4ccc(-c5ccccc5)cc4)cc3C3C(CCCCO)C(CCCCO)C=C(C(=NOC)CC1N(C)C(=O)OCC(C)(C)C)C32. The number of aliphatic hydroxyl groups is 2. The molecular formula is C47H60N2O8. The topological polar surface area (TPSA) is 119 Å². The van der Waals surface area contributed by atoms with Crippen LogP contribution in [0.2, 0.25) is 0 Å². The Labute approximate surface area is 338 Å². The van der Waals surface area contributed by atoms with Crippen LogP contribution in [0.15, 0.2) is 102 Å². The second-order valence-electron chi connectivity index (χ2n) is 16.7. The van der Waals surface area contributed by atoms with Crippen molar-refractivity contribution in [3.63, 3.8) is 0 Å². The number of unbranched alkanes of at least 4 members (excludes halogenated alkanes) is 2. The lowest BCUT2D eigenvalue weighted by atomic mass is 9.55. The summed E-state index contributed by atoms with van der Waals surface area (Å²) >= 11 is 0. The van der Waals surface area contributed by atoms with Crippen LogP contribution in [0, 0.1) is 23.2 Å². The zero-order chi connectivity index (χ0) is 40.6. The highest BCUT2D eigenvalue weighted by Gasteiger charge is 2.65. The van der Waals surface area contributed by atoms with Gasteiger partial charge < -0.3 is 38.9 Å². The molecule has 2 aliphatic carbocycles. The summed E-state index contributed by atoms with van der Waals surface area (Å²) in [4.78, 5) is 21.0. The van der Waals surface area contributed by atoms with Crippen LogP contribution in [-0.4, -0.2) is 79.3 Å². The summed E-state index contributed by atoms with van der Waals surface area (Å²) in [6.07, 6.45) is 8.61. The Morgan fingerprint density at radius 3 is 2.32 bits per heavy atom. The number of carbonyl (C=O) groups is 1. The van der Waals surface area contributed by atoms with Gasteiger partial charge in [0.05, 0.1) is 24.8 Å². The summed E-state index contributed by atoms with van der Waals surface area (Å²) in [6, 6.07) is 23.6. The number of hydrogen-bond acceptors (Lipinski definition) is 9. The monoisotopic (exact) mass is 780 g/mol. The highest BCUT2D eigenvalue weighted by atomic mass is 16.7. The number of rotatable bonds is 17. The van der Waals surface area contributed by atoms with Gasteiger partial charge in [-0.3, -0.25) is 0 Å². The van der Waals surface area contributed by atoms with E-state index < -0.39 is 23.8 Å². The number of carbonyl (C=O) groups excluding carboxylic acids is 1. The molecule has 10 nitrogen and oxygen atoms in total. The molecule has 6 unspecified atom stereocenters. The van der Waals surface area contributed by atoms with Crippen LogP contribution in [0.4, 0.5) is 4.79 Å². The third-order valence-corrected chi connectivity index (χ3v) is 11.4. The normalized spacial score (nSPS) is 24.4. The van der Waals surface area contributed by atoms with Gasteiger partial charge in [-0.15, -0.1) is 6.58 Å². The number of oxime groups is 1. The van der Waals surface area contributed by atoms with Crippen LogP contribution < -0.4 is 9.47 Å². The molecule has 1 saturated carbocycles. The first kappa shape index (κ1) is 42.0. The highest BCUT2D eigenvalue weighted by Crippen LogP contribution is 2.62. The molecular weight excluding hydrogens is 721 g/mol. The van der Waals surface area contributed by atoms with E-state index in [1.165, 1.54) is 0 Å². The minimum atomic E-state index is -1.35. The number of ether oxygens (including phenoxy) is 4. The van der Waals surface area contributed by atoms with E-state index >= 15 is 0 Å². The van der Waals surface area contributed by atoms with Crippen LogP contribution in [-0.2, 0) is 14.3 Å².